The second-order valence-corrected chi connectivity index (χ2v) is 7.99. The number of hydrogen-bond donors (Lipinski definition) is 2. The van der Waals surface area contributed by atoms with Crippen LogP contribution in [0.1, 0.15) is 51.3 Å². The Labute approximate surface area is 163 Å². The zero-order valence-electron chi connectivity index (χ0n) is 15.3. The van der Waals surface area contributed by atoms with Gasteiger partial charge in [0.05, 0.1) is 27.4 Å². The van der Waals surface area contributed by atoms with Crippen LogP contribution < -0.4 is 5.32 Å². The lowest BCUT2D eigenvalue weighted by atomic mass is 9.77. The van der Waals surface area contributed by atoms with Gasteiger partial charge in [-0.1, -0.05) is 16.7 Å². The molecule has 8 heteroatoms. The molecule has 1 aliphatic carbocycles. The molecule has 1 saturated carbocycles. The molecule has 1 aromatic heterocycles. The van der Waals surface area contributed by atoms with Gasteiger partial charge in [0.2, 0.25) is 0 Å². The number of aliphatic hydroxyl groups is 1. The molecule has 0 radical (unpaired) electrons. The van der Waals surface area contributed by atoms with Gasteiger partial charge in [-0.2, -0.15) is 0 Å². The Hall–Kier alpha value is -2.34. The monoisotopic (exact) mass is 389 g/mol. The van der Waals surface area contributed by atoms with Crippen LogP contribution in [-0.2, 0) is 0 Å². The van der Waals surface area contributed by atoms with Crippen molar-refractivity contribution in [2.24, 2.45) is 11.0 Å². The maximum atomic E-state index is 12.6. The lowest BCUT2D eigenvalue weighted by Gasteiger charge is -2.36. The molecule has 0 unspecified atom stereocenters. The topological polar surface area (TPSA) is 111 Å². The summed E-state index contributed by atoms with van der Waals surface area (Å²) in [7, 11) is 0. The third-order valence-electron chi connectivity index (χ3n) is 5.23. The number of halogens is 1. The van der Waals surface area contributed by atoms with E-state index in [9.17, 15) is 9.90 Å². The summed E-state index contributed by atoms with van der Waals surface area (Å²) in [6.45, 7) is 3.69. The number of nitrogens with zero attached hydrogens (tertiary/aromatic N) is 4. The molecule has 1 fully saturated rings. The molecule has 1 aliphatic rings. The number of hydrogen-bond acceptors (Lipinski definition) is 4. The average Bonchev–Trinajstić information content (AvgIpc) is 2.62. The van der Waals surface area contributed by atoms with E-state index in [1.54, 1.807) is 18.2 Å². The van der Waals surface area contributed by atoms with E-state index in [4.69, 9.17) is 17.1 Å². The van der Waals surface area contributed by atoms with Crippen LogP contribution in [0.3, 0.4) is 0 Å². The largest absolute Gasteiger partial charge is 0.390 e. The number of rotatable bonds is 4. The Morgan fingerprint density at radius 3 is 2.70 bits per heavy atom. The average molecular weight is 390 g/mol. The van der Waals surface area contributed by atoms with Crippen molar-refractivity contribution in [1.82, 2.24) is 10.3 Å². The van der Waals surface area contributed by atoms with Crippen molar-refractivity contribution in [3.8, 4) is 0 Å². The van der Waals surface area contributed by atoms with Crippen molar-refractivity contribution in [2.75, 3.05) is 0 Å². The van der Waals surface area contributed by atoms with Crippen LogP contribution in [0.4, 0.5) is 5.69 Å². The number of aromatic nitrogens is 1. The summed E-state index contributed by atoms with van der Waals surface area (Å²) in [4.78, 5) is 19.6. The quantitative estimate of drug-likeness (QED) is 0.429. The van der Waals surface area contributed by atoms with E-state index >= 15 is 0 Å². The van der Waals surface area contributed by atoms with Gasteiger partial charge in [-0.3, -0.25) is 9.78 Å². The number of benzene rings is 1. The van der Waals surface area contributed by atoms with Gasteiger partial charge in [-0.05, 0) is 69.2 Å². The summed E-state index contributed by atoms with van der Waals surface area (Å²) >= 11 is 6.11. The van der Waals surface area contributed by atoms with Gasteiger partial charge in [0.1, 0.15) is 0 Å². The van der Waals surface area contributed by atoms with Crippen molar-refractivity contribution in [3.63, 3.8) is 0 Å². The fourth-order valence-corrected chi connectivity index (χ4v) is 3.81. The van der Waals surface area contributed by atoms with Crippen LogP contribution >= 0.6 is 11.6 Å². The minimum absolute atomic E-state index is 0. The summed E-state index contributed by atoms with van der Waals surface area (Å²) in [5.41, 5.74) is 9.25. The molecule has 144 valence electrons. The number of carbonyl (C=O) groups is 1. The smallest absolute Gasteiger partial charge is 0.253 e. The number of amides is 1. The molecule has 1 aromatic carbocycles. The molecule has 7 nitrogen and oxygen atoms in total. The third kappa shape index (κ3) is 4.50. The summed E-state index contributed by atoms with van der Waals surface area (Å²) in [5, 5.41) is 17.7. The van der Waals surface area contributed by atoms with Crippen LogP contribution in [0.2, 0.25) is 5.02 Å². The number of nitrogens with one attached hydrogen (secondary N) is 1. The van der Waals surface area contributed by atoms with E-state index in [-0.39, 0.29) is 19.3 Å². The first kappa shape index (κ1) is 19.4. The molecule has 0 saturated heterocycles. The maximum Gasteiger partial charge on any atom is 0.253 e. The number of fused-ring (bicyclic) bond motifs is 1. The lowest BCUT2D eigenvalue weighted by molar-refractivity contribution is -0.00257. The SMILES string of the molecule is CC(C)(O)C1CCC(NC(=O)c2cnc3cc(N=[N+]=[N-])c(Cl)cc3c2)CC1.[HH]. The molecule has 0 bridgehead atoms. The highest BCUT2D eigenvalue weighted by Gasteiger charge is 2.31. The van der Waals surface area contributed by atoms with Crippen LogP contribution in [0, 0.1) is 5.92 Å². The standard InChI is InChI=1S/C19H22ClN5O2.H2/c1-19(2,27)13-3-5-14(6-4-13)23-18(26)12-7-11-8-15(20)17(24-25-21)9-16(11)22-10-12;/h7-10,13-14,27H,3-6H2,1-2H3,(H,23,26);1H. The van der Waals surface area contributed by atoms with E-state index in [0.717, 1.165) is 25.7 Å². The molecule has 3 rings (SSSR count). The third-order valence-corrected chi connectivity index (χ3v) is 5.53. The van der Waals surface area contributed by atoms with Crippen LogP contribution in [-0.4, -0.2) is 27.6 Å². The van der Waals surface area contributed by atoms with Crippen LogP contribution in [0.5, 0.6) is 0 Å². The van der Waals surface area contributed by atoms with E-state index in [2.05, 4.69) is 20.3 Å². The summed E-state index contributed by atoms with van der Waals surface area (Å²) in [6.07, 6.45) is 4.99. The second kappa shape index (κ2) is 7.72. The Kier molecular flexibility index (Phi) is 5.56. The number of azide groups is 1. The highest BCUT2D eigenvalue weighted by atomic mass is 35.5. The molecule has 1 heterocycles. The normalized spacial score (nSPS) is 20.1. The van der Waals surface area contributed by atoms with Gasteiger partial charge >= 0.3 is 0 Å². The van der Waals surface area contributed by atoms with Gasteiger partial charge in [0.15, 0.2) is 0 Å². The predicted octanol–water partition coefficient (Wildman–Crippen LogP) is 5.14. The van der Waals surface area contributed by atoms with Gasteiger partial charge in [0.25, 0.3) is 5.91 Å². The van der Waals surface area contributed by atoms with E-state index in [0.29, 0.717) is 27.2 Å². The molecule has 0 spiro atoms. The fourth-order valence-electron chi connectivity index (χ4n) is 3.60. The van der Waals surface area contributed by atoms with Crippen LogP contribution in [0.15, 0.2) is 29.5 Å². The van der Waals surface area contributed by atoms with Crippen molar-refractivity contribution in [1.29, 1.82) is 0 Å². The lowest BCUT2D eigenvalue weighted by Crippen LogP contribution is -2.41. The summed E-state index contributed by atoms with van der Waals surface area (Å²) < 4.78 is 0. The highest BCUT2D eigenvalue weighted by Crippen LogP contribution is 2.33. The maximum absolute atomic E-state index is 12.6. The Morgan fingerprint density at radius 2 is 2.07 bits per heavy atom. The zero-order valence-corrected chi connectivity index (χ0v) is 16.1. The molecular formula is C19H24ClN5O2. The second-order valence-electron chi connectivity index (χ2n) is 7.59. The van der Waals surface area contributed by atoms with Crippen molar-refractivity contribution in [3.05, 3.63) is 45.4 Å². The molecule has 0 atom stereocenters. The van der Waals surface area contributed by atoms with Gasteiger partial charge in [0, 0.05) is 24.0 Å². The van der Waals surface area contributed by atoms with Crippen molar-refractivity contribution >= 4 is 34.1 Å². The summed E-state index contributed by atoms with van der Waals surface area (Å²) in [6, 6.07) is 5.06. The van der Waals surface area contributed by atoms with E-state index in [1.165, 1.54) is 6.20 Å². The van der Waals surface area contributed by atoms with Crippen molar-refractivity contribution in [2.45, 2.75) is 51.2 Å². The molecule has 0 aliphatic heterocycles. The highest BCUT2D eigenvalue weighted by molar-refractivity contribution is 6.33. The van der Waals surface area contributed by atoms with E-state index in [1.807, 2.05) is 13.8 Å². The zero-order chi connectivity index (χ0) is 19.6. The minimum atomic E-state index is -0.676. The summed E-state index contributed by atoms with van der Waals surface area (Å²) in [5.74, 6) is 0.0896. The predicted molar refractivity (Wildman–Crippen MR) is 107 cm³/mol. The molecule has 27 heavy (non-hydrogen) atoms. The molecule has 2 aromatic rings. The molecular weight excluding hydrogens is 366 g/mol. The minimum Gasteiger partial charge on any atom is -0.390 e. The van der Waals surface area contributed by atoms with Gasteiger partial charge < -0.3 is 10.4 Å². The first-order valence-corrected chi connectivity index (χ1v) is 9.33. The number of pyridine rings is 1. The van der Waals surface area contributed by atoms with Gasteiger partial charge in [-0.15, -0.1) is 0 Å². The number of carbonyl (C=O) groups excluding carboxylic acids is 1. The molecule has 1 amide bonds. The first-order valence-electron chi connectivity index (χ1n) is 8.95. The van der Waals surface area contributed by atoms with Crippen molar-refractivity contribution < 1.29 is 11.3 Å². The fraction of sp³-hybridized carbons (Fsp3) is 0.474. The Morgan fingerprint density at radius 1 is 1.37 bits per heavy atom. The van der Waals surface area contributed by atoms with E-state index < -0.39 is 5.60 Å². The molecule has 2 N–H and O–H groups in total. The Balaban J connectivity index is 0.00000280. The first-order chi connectivity index (χ1) is 12.8. The van der Waals surface area contributed by atoms with Gasteiger partial charge in [-0.25, -0.2) is 0 Å². The van der Waals surface area contributed by atoms with Crippen LogP contribution in [0.25, 0.3) is 21.3 Å². The Bertz CT molecular complexity index is 916.